The van der Waals surface area contributed by atoms with Crippen molar-refractivity contribution in [3.63, 3.8) is 0 Å². The molecule has 0 bridgehead atoms. The largest absolute Gasteiger partial charge is 0.444 e. The monoisotopic (exact) mass is 588 g/mol. The maximum Gasteiger partial charge on any atom is 0.410 e. The molecule has 0 spiro atoms. The summed E-state index contributed by atoms with van der Waals surface area (Å²) in [4.78, 5) is 33.7. The van der Waals surface area contributed by atoms with E-state index in [-0.39, 0.29) is 18.0 Å². The fourth-order valence-corrected chi connectivity index (χ4v) is 5.25. The van der Waals surface area contributed by atoms with Crippen LogP contribution in [-0.4, -0.2) is 53.5 Å². The van der Waals surface area contributed by atoms with Crippen molar-refractivity contribution in [2.45, 2.75) is 64.6 Å². The number of likely N-dealkylation sites (N-methyl/N-ethyl adjacent to an activating group) is 1. The van der Waals surface area contributed by atoms with E-state index in [0.717, 1.165) is 22.4 Å². The normalized spacial score (nSPS) is 13.2. The van der Waals surface area contributed by atoms with E-state index in [1.54, 1.807) is 46.1 Å². The van der Waals surface area contributed by atoms with E-state index in [4.69, 9.17) is 9.29 Å². The number of carbonyl (C=O) groups is 2. The van der Waals surface area contributed by atoms with Crippen molar-refractivity contribution < 1.29 is 27.3 Å². The minimum atomic E-state index is -4.39. The molecule has 216 valence electrons. The SMILES string of the molecule is CCc1cnc(C(Cc2ccc(NS(=O)(=O)O)cc2)NC(=O)C(Cc2ccccc2)N(C)C(=O)OC(C)(C)C)s1. The van der Waals surface area contributed by atoms with E-state index in [1.807, 2.05) is 42.0 Å². The summed E-state index contributed by atoms with van der Waals surface area (Å²) >= 11 is 1.50. The molecule has 0 aliphatic rings. The van der Waals surface area contributed by atoms with E-state index < -0.39 is 34.1 Å². The molecule has 0 saturated carbocycles. The van der Waals surface area contributed by atoms with Gasteiger partial charge >= 0.3 is 16.4 Å². The summed E-state index contributed by atoms with van der Waals surface area (Å²) in [6, 6.07) is 14.5. The summed E-state index contributed by atoms with van der Waals surface area (Å²) in [5.41, 5.74) is 1.17. The second-order valence-electron chi connectivity index (χ2n) is 10.4. The van der Waals surface area contributed by atoms with Crippen molar-refractivity contribution >= 4 is 39.3 Å². The number of ether oxygens (including phenoxy) is 1. The van der Waals surface area contributed by atoms with E-state index in [2.05, 4.69) is 10.3 Å². The van der Waals surface area contributed by atoms with E-state index in [0.29, 0.717) is 11.4 Å². The average molecular weight is 589 g/mol. The van der Waals surface area contributed by atoms with Gasteiger partial charge < -0.3 is 10.1 Å². The number of nitrogens with zero attached hydrogens (tertiary/aromatic N) is 2. The Hall–Kier alpha value is -3.48. The highest BCUT2D eigenvalue weighted by atomic mass is 32.2. The Morgan fingerprint density at radius 3 is 2.23 bits per heavy atom. The molecule has 0 fully saturated rings. The van der Waals surface area contributed by atoms with Gasteiger partial charge in [0.1, 0.15) is 16.7 Å². The number of anilines is 1. The molecule has 3 N–H and O–H groups in total. The third-order valence-electron chi connectivity index (χ3n) is 5.90. The van der Waals surface area contributed by atoms with Crippen molar-refractivity contribution in [2.24, 2.45) is 0 Å². The van der Waals surface area contributed by atoms with Crippen LogP contribution in [0.1, 0.15) is 54.7 Å². The lowest BCUT2D eigenvalue weighted by atomic mass is 10.0. The van der Waals surface area contributed by atoms with Crippen LogP contribution in [0.4, 0.5) is 10.5 Å². The zero-order chi connectivity index (χ0) is 29.5. The summed E-state index contributed by atoms with van der Waals surface area (Å²) in [6.07, 6.45) is 2.62. The van der Waals surface area contributed by atoms with Crippen LogP contribution in [0.3, 0.4) is 0 Å². The lowest BCUT2D eigenvalue weighted by Crippen LogP contribution is -2.51. The number of nitrogens with one attached hydrogen (secondary N) is 2. The Balaban J connectivity index is 1.89. The molecule has 1 aromatic heterocycles. The predicted molar refractivity (Wildman–Crippen MR) is 156 cm³/mol. The van der Waals surface area contributed by atoms with Gasteiger partial charge in [-0.25, -0.2) is 9.78 Å². The molecule has 2 aromatic carbocycles. The number of amides is 2. The van der Waals surface area contributed by atoms with E-state index >= 15 is 0 Å². The summed E-state index contributed by atoms with van der Waals surface area (Å²) in [6.45, 7) is 7.33. The first-order valence-electron chi connectivity index (χ1n) is 12.8. The van der Waals surface area contributed by atoms with Crippen molar-refractivity contribution in [1.29, 1.82) is 0 Å². The van der Waals surface area contributed by atoms with Gasteiger partial charge in [-0.2, -0.15) is 8.42 Å². The fraction of sp³-hybridized carbons (Fsp3) is 0.393. The molecule has 0 aliphatic carbocycles. The average Bonchev–Trinajstić information content (AvgIpc) is 3.36. The van der Waals surface area contributed by atoms with Crippen LogP contribution in [0.15, 0.2) is 60.8 Å². The molecule has 40 heavy (non-hydrogen) atoms. The zero-order valence-corrected chi connectivity index (χ0v) is 24.9. The Morgan fingerprint density at radius 2 is 1.68 bits per heavy atom. The highest BCUT2D eigenvalue weighted by Crippen LogP contribution is 2.26. The maximum atomic E-state index is 13.8. The Kier molecular flexibility index (Phi) is 10.3. The van der Waals surface area contributed by atoms with Crippen molar-refractivity contribution in [3.8, 4) is 0 Å². The first kappa shape index (κ1) is 31.1. The van der Waals surface area contributed by atoms with E-state index in [1.165, 1.54) is 28.4 Å². The standard InChI is InChI=1S/C28H36N4O6S2/c1-6-22-18-29-26(39-22)23(16-20-12-14-21(15-13-20)31-40(35,36)37)30-25(33)24(17-19-10-8-7-9-11-19)32(5)27(34)38-28(2,3)4/h7-15,18,23-24,31H,6,16-17H2,1-5H3,(H,30,33)(H,35,36,37). The molecule has 2 amide bonds. The lowest BCUT2D eigenvalue weighted by molar-refractivity contribution is -0.126. The Morgan fingerprint density at radius 1 is 1.05 bits per heavy atom. The van der Waals surface area contributed by atoms with Crippen LogP contribution < -0.4 is 10.0 Å². The molecule has 2 atom stereocenters. The highest BCUT2D eigenvalue weighted by molar-refractivity contribution is 7.87. The maximum absolute atomic E-state index is 13.8. The molecule has 2 unspecified atom stereocenters. The van der Waals surface area contributed by atoms with Crippen LogP contribution in [0.2, 0.25) is 0 Å². The molecule has 3 rings (SSSR count). The van der Waals surface area contributed by atoms with Gasteiger partial charge in [0.05, 0.1) is 11.7 Å². The number of hydrogen-bond donors (Lipinski definition) is 3. The third-order valence-corrected chi connectivity index (χ3v) is 7.65. The topological polar surface area (TPSA) is 138 Å². The van der Waals surface area contributed by atoms with Crippen molar-refractivity contribution in [2.75, 3.05) is 11.8 Å². The van der Waals surface area contributed by atoms with Crippen LogP contribution in [0, 0.1) is 0 Å². The number of rotatable bonds is 11. The van der Waals surface area contributed by atoms with Crippen molar-refractivity contribution in [3.05, 3.63) is 81.8 Å². The number of benzene rings is 2. The van der Waals surface area contributed by atoms with Crippen LogP contribution in [0.5, 0.6) is 0 Å². The smallest absolute Gasteiger partial charge is 0.410 e. The van der Waals surface area contributed by atoms with E-state index in [9.17, 15) is 18.0 Å². The number of aromatic nitrogens is 1. The van der Waals surface area contributed by atoms with Gasteiger partial charge in [-0.15, -0.1) is 11.3 Å². The van der Waals surface area contributed by atoms with Crippen LogP contribution in [-0.2, 0) is 39.1 Å². The molecule has 0 saturated heterocycles. The molecule has 3 aromatic rings. The molecular weight excluding hydrogens is 552 g/mol. The number of thiazole rings is 1. The number of carbonyl (C=O) groups excluding carboxylic acids is 2. The third kappa shape index (κ3) is 9.61. The quantitative estimate of drug-likeness (QED) is 0.274. The summed E-state index contributed by atoms with van der Waals surface area (Å²) in [5.74, 6) is -0.361. The summed E-state index contributed by atoms with van der Waals surface area (Å²) in [7, 11) is -2.84. The lowest BCUT2D eigenvalue weighted by Gasteiger charge is -2.31. The zero-order valence-electron chi connectivity index (χ0n) is 23.2. The van der Waals surface area contributed by atoms with Crippen molar-refractivity contribution in [1.82, 2.24) is 15.2 Å². The molecule has 12 heteroatoms. The second kappa shape index (κ2) is 13.2. The number of aryl methyl sites for hydroxylation is 1. The van der Waals surface area contributed by atoms with Crippen LogP contribution >= 0.6 is 11.3 Å². The minimum absolute atomic E-state index is 0.205. The second-order valence-corrected chi connectivity index (χ2v) is 12.7. The first-order chi connectivity index (χ1) is 18.7. The van der Waals surface area contributed by atoms with Gasteiger partial charge in [0.15, 0.2) is 0 Å². The molecular formula is C28H36N4O6S2. The highest BCUT2D eigenvalue weighted by Gasteiger charge is 2.32. The van der Waals surface area contributed by atoms with Gasteiger partial charge in [0.25, 0.3) is 0 Å². The van der Waals surface area contributed by atoms with Crippen LogP contribution in [0.25, 0.3) is 0 Å². The predicted octanol–water partition coefficient (Wildman–Crippen LogP) is 4.80. The number of hydrogen-bond acceptors (Lipinski definition) is 7. The molecule has 1 heterocycles. The molecule has 10 nitrogen and oxygen atoms in total. The minimum Gasteiger partial charge on any atom is -0.444 e. The van der Waals surface area contributed by atoms with Gasteiger partial charge in [-0.1, -0.05) is 49.4 Å². The Bertz CT molecular complexity index is 1390. The summed E-state index contributed by atoms with van der Waals surface area (Å²) < 4.78 is 38.8. The van der Waals surface area contributed by atoms with Gasteiger partial charge in [-0.05, 0) is 56.9 Å². The van der Waals surface area contributed by atoms with Gasteiger partial charge in [0, 0.05) is 24.5 Å². The van der Waals surface area contributed by atoms with Gasteiger partial charge in [-0.3, -0.25) is 19.0 Å². The van der Waals surface area contributed by atoms with Gasteiger partial charge in [0.2, 0.25) is 5.91 Å². The molecule has 0 aliphatic heterocycles. The molecule has 0 radical (unpaired) electrons. The summed E-state index contributed by atoms with van der Waals surface area (Å²) in [5, 5.41) is 3.81. The fourth-order valence-electron chi connectivity index (χ4n) is 3.91. The Labute approximate surface area is 239 Å². The first-order valence-corrected chi connectivity index (χ1v) is 15.1.